The van der Waals surface area contributed by atoms with E-state index in [1.165, 1.54) is 5.56 Å². The molecule has 1 aliphatic rings. The minimum absolute atomic E-state index is 0.0252. The molecule has 15 heavy (non-hydrogen) atoms. The van der Waals surface area contributed by atoms with Gasteiger partial charge in [-0.05, 0) is 37.0 Å². The van der Waals surface area contributed by atoms with Gasteiger partial charge < -0.3 is 15.2 Å². The Morgan fingerprint density at radius 2 is 1.67 bits per heavy atom. The molecule has 0 aliphatic heterocycles. The second-order valence-corrected chi connectivity index (χ2v) is 4.26. The van der Waals surface area contributed by atoms with Crippen LogP contribution >= 0.6 is 0 Å². The summed E-state index contributed by atoms with van der Waals surface area (Å²) in [5.74, 6) is 1.65. The van der Waals surface area contributed by atoms with Crippen LogP contribution in [-0.4, -0.2) is 19.8 Å². The molecule has 0 radical (unpaired) electrons. The first-order valence-electron chi connectivity index (χ1n) is 5.16. The van der Waals surface area contributed by atoms with Crippen LogP contribution in [0.25, 0.3) is 0 Å². The summed E-state index contributed by atoms with van der Waals surface area (Å²) >= 11 is 0. The Morgan fingerprint density at radius 1 is 1.13 bits per heavy atom. The van der Waals surface area contributed by atoms with Crippen molar-refractivity contribution in [2.24, 2.45) is 5.73 Å². The predicted octanol–water partition coefficient (Wildman–Crippen LogP) is 1.74. The molecule has 1 saturated carbocycles. The van der Waals surface area contributed by atoms with Crippen molar-refractivity contribution in [2.45, 2.75) is 24.8 Å². The van der Waals surface area contributed by atoms with Crippen LogP contribution in [0.2, 0.25) is 0 Å². The summed E-state index contributed by atoms with van der Waals surface area (Å²) in [5, 5.41) is 0. The molecule has 0 saturated heterocycles. The molecule has 2 rings (SSSR count). The number of rotatable bonds is 4. The van der Waals surface area contributed by atoms with E-state index in [-0.39, 0.29) is 5.54 Å². The number of nitrogens with two attached hydrogens (primary N) is 1. The largest absolute Gasteiger partial charge is 0.497 e. The maximum atomic E-state index is 6.08. The van der Waals surface area contributed by atoms with Gasteiger partial charge in [-0.3, -0.25) is 0 Å². The Bertz CT molecular complexity index is 336. The van der Waals surface area contributed by atoms with Crippen molar-refractivity contribution >= 4 is 0 Å². The van der Waals surface area contributed by atoms with Crippen LogP contribution in [0.5, 0.6) is 11.5 Å². The number of ether oxygens (including phenoxy) is 2. The summed E-state index contributed by atoms with van der Waals surface area (Å²) in [6, 6.07) is 5.92. The molecule has 1 aromatic rings. The molecular formula is C12H17NO2. The molecule has 0 atom stereocenters. The highest BCUT2D eigenvalue weighted by Gasteiger charge is 2.38. The molecule has 2 N–H and O–H groups in total. The molecule has 3 nitrogen and oxygen atoms in total. The van der Waals surface area contributed by atoms with Crippen LogP contribution in [0.3, 0.4) is 0 Å². The van der Waals surface area contributed by atoms with Crippen LogP contribution in [-0.2, 0) is 6.42 Å². The van der Waals surface area contributed by atoms with Gasteiger partial charge in [0.2, 0.25) is 0 Å². The molecule has 0 spiro atoms. The average Bonchev–Trinajstić information content (AvgIpc) is 2.95. The molecule has 1 aliphatic carbocycles. The summed E-state index contributed by atoms with van der Waals surface area (Å²) in [5.41, 5.74) is 7.29. The van der Waals surface area contributed by atoms with Crippen molar-refractivity contribution < 1.29 is 9.47 Å². The van der Waals surface area contributed by atoms with Crippen molar-refractivity contribution in [3.8, 4) is 11.5 Å². The first kappa shape index (κ1) is 10.3. The third kappa shape index (κ3) is 2.42. The van der Waals surface area contributed by atoms with E-state index in [4.69, 9.17) is 15.2 Å². The molecular weight excluding hydrogens is 190 g/mol. The molecule has 0 bridgehead atoms. The van der Waals surface area contributed by atoms with E-state index in [0.29, 0.717) is 0 Å². The quantitative estimate of drug-likeness (QED) is 0.817. The molecule has 1 fully saturated rings. The third-order valence-electron chi connectivity index (χ3n) is 2.86. The fraction of sp³-hybridized carbons (Fsp3) is 0.500. The van der Waals surface area contributed by atoms with Crippen molar-refractivity contribution in [1.82, 2.24) is 0 Å². The Labute approximate surface area is 90.2 Å². The highest BCUT2D eigenvalue weighted by Crippen LogP contribution is 2.37. The zero-order chi connectivity index (χ0) is 10.9. The standard InChI is InChI=1S/C12H17NO2/c1-14-10-5-9(6-11(7-10)15-2)8-12(13)3-4-12/h5-7H,3-4,8,13H2,1-2H3. The Morgan fingerprint density at radius 3 is 2.07 bits per heavy atom. The Hall–Kier alpha value is -1.22. The van der Waals surface area contributed by atoms with Gasteiger partial charge in [-0.25, -0.2) is 0 Å². The van der Waals surface area contributed by atoms with Crippen molar-refractivity contribution in [3.63, 3.8) is 0 Å². The topological polar surface area (TPSA) is 44.5 Å². The Balaban J connectivity index is 2.21. The number of hydrogen-bond donors (Lipinski definition) is 1. The number of benzene rings is 1. The van der Waals surface area contributed by atoms with Gasteiger partial charge >= 0.3 is 0 Å². The Kier molecular flexibility index (Phi) is 2.57. The zero-order valence-corrected chi connectivity index (χ0v) is 9.25. The molecule has 0 unspecified atom stereocenters. The van der Waals surface area contributed by atoms with E-state index in [1.807, 2.05) is 18.2 Å². The van der Waals surface area contributed by atoms with E-state index < -0.39 is 0 Å². The van der Waals surface area contributed by atoms with Gasteiger partial charge in [0.25, 0.3) is 0 Å². The monoisotopic (exact) mass is 207 g/mol. The van der Waals surface area contributed by atoms with Gasteiger partial charge in [-0.15, -0.1) is 0 Å². The maximum Gasteiger partial charge on any atom is 0.122 e. The lowest BCUT2D eigenvalue weighted by Gasteiger charge is -2.11. The summed E-state index contributed by atoms with van der Waals surface area (Å²) in [7, 11) is 3.32. The van der Waals surface area contributed by atoms with Gasteiger partial charge in [0, 0.05) is 11.6 Å². The molecule has 0 aromatic heterocycles. The third-order valence-corrected chi connectivity index (χ3v) is 2.86. The van der Waals surface area contributed by atoms with Crippen LogP contribution in [0.1, 0.15) is 18.4 Å². The number of methoxy groups -OCH3 is 2. The normalized spacial score (nSPS) is 17.3. The fourth-order valence-corrected chi connectivity index (χ4v) is 1.71. The van der Waals surface area contributed by atoms with E-state index in [0.717, 1.165) is 30.8 Å². The number of hydrogen-bond acceptors (Lipinski definition) is 3. The van der Waals surface area contributed by atoms with Gasteiger partial charge in [-0.1, -0.05) is 0 Å². The molecule has 1 aromatic carbocycles. The first-order valence-corrected chi connectivity index (χ1v) is 5.16. The fourth-order valence-electron chi connectivity index (χ4n) is 1.71. The van der Waals surface area contributed by atoms with E-state index in [9.17, 15) is 0 Å². The van der Waals surface area contributed by atoms with Gasteiger partial charge in [0.05, 0.1) is 14.2 Å². The predicted molar refractivity (Wildman–Crippen MR) is 59.4 cm³/mol. The molecule has 0 amide bonds. The van der Waals surface area contributed by atoms with Crippen molar-refractivity contribution in [2.75, 3.05) is 14.2 Å². The van der Waals surface area contributed by atoms with Crippen molar-refractivity contribution in [1.29, 1.82) is 0 Å². The van der Waals surface area contributed by atoms with Gasteiger partial charge in [0.1, 0.15) is 11.5 Å². The van der Waals surface area contributed by atoms with E-state index in [2.05, 4.69) is 0 Å². The van der Waals surface area contributed by atoms with Gasteiger partial charge in [0.15, 0.2) is 0 Å². The minimum Gasteiger partial charge on any atom is -0.497 e. The molecule has 3 heteroatoms. The van der Waals surface area contributed by atoms with Crippen LogP contribution in [0.4, 0.5) is 0 Å². The summed E-state index contributed by atoms with van der Waals surface area (Å²) < 4.78 is 10.4. The van der Waals surface area contributed by atoms with Gasteiger partial charge in [-0.2, -0.15) is 0 Å². The average molecular weight is 207 g/mol. The summed E-state index contributed by atoms with van der Waals surface area (Å²) in [6.07, 6.45) is 3.14. The van der Waals surface area contributed by atoms with E-state index >= 15 is 0 Å². The SMILES string of the molecule is COc1cc(CC2(N)CC2)cc(OC)c1. The lowest BCUT2D eigenvalue weighted by Crippen LogP contribution is -2.24. The second kappa shape index (κ2) is 3.74. The smallest absolute Gasteiger partial charge is 0.122 e. The zero-order valence-electron chi connectivity index (χ0n) is 9.25. The second-order valence-electron chi connectivity index (χ2n) is 4.26. The summed E-state index contributed by atoms with van der Waals surface area (Å²) in [4.78, 5) is 0. The maximum absolute atomic E-state index is 6.08. The minimum atomic E-state index is 0.0252. The van der Waals surface area contributed by atoms with Crippen LogP contribution in [0.15, 0.2) is 18.2 Å². The van der Waals surface area contributed by atoms with Crippen molar-refractivity contribution in [3.05, 3.63) is 23.8 Å². The van der Waals surface area contributed by atoms with Crippen LogP contribution in [0, 0.1) is 0 Å². The summed E-state index contributed by atoms with van der Waals surface area (Å²) in [6.45, 7) is 0. The molecule has 0 heterocycles. The van der Waals surface area contributed by atoms with Crippen LogP contribution < -0.4 is 15.2 Å². The first-order chi connectivity index (χ1) is 7.15. The highest BCUT2D eigenvalue weighted by molar-refractivity contribution is 5.39. The molecule has 82 valence electrons. The van der Waals surface area contributed by atoms with E-state index in [1.54, 1.807) is 14.2 Å². The lowest BCUT2D eigenvalue weighted by atomic mass is 10.0. The highest BCUT2D eigenvalue weighted by atomic mass is 16.5. The lowest BCUT2D eigenvalue weighted by molar-refractivity contribution is 0.393.